The molecule has 3 N–H and O–H groups in total. The van der Waals surface area contributed by atoms with Crippen LogP contribution in [0, 0.1) is 6.92 Å². The van der Waals surface area contributed by atoms with Crippen molar-refractivity contribution in [1.29, 1.82) is 0 Å². The summed E-state index contributed by atoms with van der Waals surface area (Å²) in [7, 11) is 1.75. The molecule has 3 heteroatoms. The highest BCUT2D eigenvalue weighted by atomic mass is 16.3. The zero-order valence-electron chi connectivity index (χ0n) is 10.7. The maximum Gasteiger partial charge on any atom is 0.107 e. The highest BCUT2D eigenvalue weighted by Gasteiger charge is 2.19. The van der Waals surface area contributed by atoms with Crippen molar-refractivity contribution in [3.8, 4) is 0 Å². The first-order valence-corrected chi connectivity index (χ1v) is 6.14. The van der Waals surface area contributed by atoms with Crippen LogP contribution >= 0.6 is 0 Å². The quantitative estimate of drug-likeness (QED) is 0.769. The van der Waals surface area contributed by atoms with Gasteiger partial charge in [-0.1, -0.05) is 36.4 Å². The molecule has 2 rings (SSSR count). The summed E-state index contributed by atoms with van der Waals surface area (Å²) in [4.78, 5) is 0. The molecule has 3 nitrogen and oxygen atoms in total. The Hall–Kier alpha value is -1.42. The monoisotopic (exact) mass is 245 g/mol. The van der Waals surface area contributed by atoms with E-state index < -0.39 is 12.2 Å². The number of nitrogens with one attached hydrogen (secondary N) is 1. The van der Waals surface area contributed by atoms with Gasteiger partial charge in [0.2, 0.25) is 0 Å². The third-order valence-corrected chi connectivity index (χ3v) is 3.27. The lowest BCUT2D eigenvalue weighted by molar-refractivity contribution is 0.0211. The molecule has 0 heterocycles. The Labute approximate surface area is 107 Å². The Morgan fingerprint density at radius 3 is 2.39 bits per heavy atom. The second kappa shape index (κ2) is 5.48. The van der Waals surface area contributed by atoms with Crippen molar-refractivity contribution in [3.05, 3.63) is 47.5 Å². The predicted molar refractivity (Wildman–Crippen MR) is 73.6 cm³/mol. The number of aryl methyl sites for hydroxylation is 1. The van der Waals surface area contributed by atoms with Crippen LogP contribution in [-0.2, 0) is 0 Å². The molecule has 0 spiro atoms. The van der Waals surface area contributed by atoms with Gasteiger partial charge in [-0.25, -0.2) is 0 Å². The van der Waals surface area contributed by atoms with Crippen LogP contribution in [0.4, 0.5) is 0 Å². The number of aliphatic hydroxyl groups is 2. The van der Waals surface area contributed by atoms with Crippen molar-refractivity contribution < 1.29 is 10.2 Å². The van der Waals surface area contributed by atoms with Gasteiger partial charge in [-0.15, -0.1) is 0 Å². The molecular formula is C15H19NO2. The Bertz CT molecular complexity index is 539. The van der Waals surface area contributed by atoms with Gasteiger partial charge in [0.25, 0.3) is 0 Å². The summed E-state index contributed by atoms with van der Waals surface area (Å²) in [6.07, 6.45) is -1.68. The zero-order valence-corrected chi connectivity index (χ0v) is 10.7. The van der Waals surface area contributed by atoms with E-state index in [-0.39, 0.29) is 0 Å². The number of fused-ring (bicyclic) bond motifs is 1. The topological polar surface area (TPSA) is 52.5 Å². The fourth-order valence-electron chi connectivity index (χ4n) is 2.26. The van der Waals surface area contributed by atoms with E-state index in [4.69, 9.17) is 0 Å². The summed E-state index contributed by atoms with van der Waals surface area (Å²) in [5, 5.41) is 25.1. The van der Waals surface area contributed by atoms with Gasteiger partial charge in [-0.2, -0.15) is 0 Å². The van der Waals surface area contributed by atoms with Crippen LogP contribution in [0.25, 0.3) is 10.8 Å². The molecule has 0 saturated carbocycles. The summed E-state index contributed by atoms with van der Waals surface area (Å²) in [5.74, 6) is 0. The summed E-state index contributed by atoms with van der Waals surface area (Å²) in [6.45, 7) is 2.41. The van der Waals surface area contributed by atoms with E-state index in [1.54, 1.807) is 7.05 Å². The number of aliphatic hydroxyl groups excluding tert-OH is 2. The molecule has 0 fully saturated rings. The van der Waals surface area contributed by atoms with Gasteiger partial charge >= 0.3 is 0 Å². The molecule has 2 atom stereocenters. The van der Waals surface area contributed by atoms with E-state index in [1.807, 2.05) is 43.3 Å². The first-order valence-electron chi connectivity index (χ1n) is 6.14. The van der Waals surface area contributed by atoms with Gasteiger partial charge < -0.3 is 15.5 Å². The Morgan fingerprint density at radius 2 is 1.72 bits per heavy atom. The molecule has 18 heavy (non-hydrogen) atoms. The molecular weight excluding hydrogens is 226 g/mol. The van der Waals surface area contributed by atoms with Crippen molar-refractivity contribution in [3.63, 3.8) is 0 Å². The molecule has 96 valence electrons. The van der Waals surface area contributed by atoms with E-state index in [1.165, 1.54) is 5.56 Å². The fourth-order valence-corrected chi connectivity index (χ4v) is 2.26. The van der Waals surface area contributed by atoms with Gasteiger partial charge in [-0.05, 0) is 35.9 Å². The number of benzene rings is 2. The summed E-state index contributed by atoms with van der Waals surface area (Å²) >= 11 is 0. The maximum absolute atomic E-state index is 10.2. The average molecular weight is 245 g/mol. The molecule has 2 unspecified atom stereocenters. The molecule has 0 aliphatic rings. The standard InChI is InChI=1S/C15H19NO2/c1-10-7-8-13(15(18)14(17)9-16-2)12-6-4-3-5-11(10)12/h3-8,14-18H,9H2,1-2H3. The number of likely N-dealkylation sites (N-methyl/N-ethyl adjacent to an activating group) is 1. The number of hydrogen-bond donors (Lipinski definition) is 3. The van der Waals surface area contributed by atoms with E-state index in [0.717, 1.165) is 16.3 Å². The van der Waals surface area contributed by atoms with Crippen LogP contribution in [0.1, 0.15) is 17.2 Å². The zero-order chi connectivity index (χ0) is 13.1. The van der Waals surface area contributed by atoms with Crippen LogP contribution in [0.3, 0.4) is 0 Å². The van der Waals surface area contributed by atoms with Gasteiger partial charge in [0, 0.05) is 6.54 Å². The van der Waals surface area contributed by atoms with Gasteiger partial charge in [0.15, 0.2) is 0 Å². The number of hydrogen-bond acceptors (Lipinski definition) is 3. The van der Waals surface area contributed by atoms with E-state index in [2.05, 4.69) is 5.32 Å². The molecule has 0 aromatic heterocycles. The molecule has 2 aromatic rings. The molecule has 0 radical (unpaired) electrons. The predicted octanol–water partition coefficient (Wildman–Crippen LogP) is 1.76. The van der Waals surface area contributed by atoms with Gasteiger partial charge in [0.05, 0.1) is 6.10 Å². The lowest BCUT2D eigenvalue weighted by Gasteiger charge is -2.20. The molecule has 0 bridgehead atoms. The second-order valence-electron chi connectivity index (χ2n) is 4.59. The van der Waals surface area contributed by atoms with E-state index >= 15 is 0 Å². The average Bonchev–Trinajstić information content (AvgIpc) is 2.39. The lowest BCUT2D eigenvalue weighted by Crippen LogP contribution is -2.29. The maximum atomic E-state index is 10.2. The van der Waals surface area contributed by atoms with Crippen molar-refractivity contribution >= 4 is 10.8 Å². The second-order valence-corrected chi connectivity index (χ2v) is 4.59. The molecule has 0 aliphatic heterocycles. The van der Waals surface area contributed by atoms with E-state index in [9.17, 15) is 10.2 Å². The summed E-state index contributed by atoms with van der Waals surface area (Å²) in [6, 6.07) is 11.8. The Morgan fingerprint density at radius 1 is 1.06 bits per heavy atom. The minimum Gasteiger partial charge on any atom is -0.389 e. The van der Waals surface area contributed by atoms with Crippen molar-refractivity contribution in [1.82, 2.24) is 5.32 Å². The molecule has 0 aliphatic carbocycles. The van der Waals surface area contributed by atoms with Crippen molar-refractivity contribution in [2.24, 2.45) is 0 Å². The fraction of sp³-hybridized carbons (Fsp3) is 0.333. The van der Waals surface area contributed by atoms with Gasteiger partial charge in [-0.3, -0.25) is 0 Å². The Kier molecular flexibility index (Phi) is 3.97. The number of rotatable bonds is 4. The normalized spacial score (nSPS) is 14.7. The SMILES string of the molecule is CNCC(O)C(O)c1ccc(C)c2ccccc12. The van der Waals surface area contributed by atoms with Crippen molar-refractivity contribution in [2.45, 2.75) is 19.1 Å². The third kappa shape index (κ3) is 2.38. The summed E-state index contributed by atoms with van der Waals surface area (Å²) < 4.78 is 0. The van der Waals surface area contributed by atoms with Crippen LogP contribution in [-0.4, -0.2) is 29.9 Å². The van der Waals surface area contributed by atoms with Crippen LogP contribution in [0.5, 0.6) is 0 Å². The smallest absolute Gasteiger partial charge is 0.107 e. The highest BCUT2D eigenvalue weighted by Crippen LogP contribution is 2.28. The summed E-state index contributed by atoms with van der Waals surface area (Å²) in [5.41, 5.74) is 1.95. The highest BCUT2D eigenvalue weighted by molar-refractivity contribution is 5.88. The minimum absolute atomic E-state index is 0.364. The molecule has 0 amide bonds. The van der Waals surface area contributed by atoms with Gasteiger partial charge in [0.1, 0.15) is 6.10 Å². The van der Waals surface area contributed by atoms with Crippen molar-refractivity contribution in [2.75, 3.05) is 13.6 Å². The lowest BCUT2D eigenvalue weighted by atomic mass is 9.95. The molecule has 2 aromatic carbocycles. The van der Waals surface area contributed by atoms with E-state index in [0.29, 0.717) is 6.54 Å². The third-order valence-electron chi connectivity index (χ3n) is 3.27. The largest absolute Gasteiger partial charge is 0.389 e. The first-order chi connectivity index (χ1) is 8.65. The minimum atomic E-state index is -0.872. The molecule has 0 saturated heterocycles. The van der Waals surface area contributed by atoms with Crippen LogP contribution in [0.15, 0.2) is 36.4 Å². The van der Waals surface area contributed by atoms with Crippen LogP contribution in [0.2, 0.25) is 0 Å². The Balaban J connectivity index is 2.48. The van der Waals surface area contributed by atoms with Crippen LogP contribution < -0.4 is 5.32 Å². The first kappa shape index (κ1) is 13.0.